The Morgan fingerprint density at radius 3 is 2.36 bits per heavy atom. The van der Waals surface area contributed by atoms with Crippen LogP contribution < -0.4 is 18.1 Å². The minimum Gasteiger partial charge on any atom is -1.00 e. The van der Waals surface area contributed by atoms with E-state index < -0.39 is 5.91 Å². The first kappa shape index (κ1) is 12.2. The highest BCUT2D eigenvalue weighted by Crippen LogP contribution is 2.25. The number of hydrogen-bond acceptors (Lipinski definition) is 4. The molecule has 2 aliphatic heterocycles. The van der Waals surface area contributed by atoms with E-state index in [1.54, 1.807) is 0 Å². The molecule has 2 aliphatic rings. The molecule has 0 aromatic heterocycles. The van der Waals surface area contributed by atoms with Crippen LogP contribution in [0.5, 0.6) is 0 Å². The predicted molar refractivity (Wildman–Crippen MR) is 45.6 cm³/mol. The molecule has 6 heteroatoms. The third-order valence-electron chi connectivity index (χ3n) is 2.95. The van der Waals surface area contributed by atoms with Gasteiger partial charge < -0.3 is 31.5 Å². The second kappa shape index (κ2) is 4.30. The van der Waals surface area contributed by atoms with E-state index in [-0.39, 0.29) is 19.0 Å². The van der Waals surface area contributed by atoms with Crippen LogP contribution in [-0.2, 0) is 9.47 Å². The lowest BCUT2D eigenvalue weighted by atomic mass is 10.2. The third-order valence-corrected chi connectivity index (χ3v) is 2.95. The van der Waals surface area contributed by atoms with Crippen LogP contribution in [0.1, 0.15) is 0 Å². The van der Waals surface area contributed by atoms with Gasteiger partial charge in [-0.15, -0.1) is 0 Å². The largest absolute Gasteiger partial charge is 1.00 e. The van der Waals surface area contributed by atoms with E-state index in [1.807, 2.05) is 0 Å². The summed E-state index contributed by atoms with van der Waals surface area (Å²) >= 11 is 0. The van der Waals surface area contributed by atoms with Gasteiger partial charge in [-0.1, -0.05) is 0 Å². The molecule has 0 saturated carbocycles. The molecule has 14 heavy (non-hydrogen) atoms. The molecule has 0 unspecified atom stereocenters. The molecule has 0 aromatic carbocycles. The Hall–Kier alpha value is 0.0900. The van der Waals surface area contributed by atoms with Gasteiger partial charge in [0.05, 0.1) is 6.61 Å². The number of quaternary nitrogens is 1. The van der Waals surface area contributed by atoms with Gasteiger partial charge in [-0.05, 0) is 0 Å². The summed E-state index contributed by atoms with van der Waals surface area (Å²) in [6.45, 7) is 4.73. The fourth-order valence-electron chi connectivity index (χ4n) is 2.21. The lowest BCUT2D eigenvalue weighted by molar-refractivity contribution is -0.957. The number of morpholine rings is 2. The molecule has 84 valence electrons. The summed E-state index contributed by atoms with van der Waals surface area (Å²) in [6.07, 6.45) is 0. The monoisotopic (exact) mass is 224 g/mol. The maximum absolute atomic E-state index is 8.97. The molecule has 0 atom stereocenters. The SMILES string of the molecule is NC12C[N+](CCO)(CCO1)CCO2.[Cl-]. The molecule has 0 spiro atoms. The van der Waals surface area contributed by atoms with Gasteiger partial charge in [0, 0.05) is 0 Å². The van der Waals surface area contributed by atoms with E-state index in [0.717, 1.165) is 24.1 Å². The molecule has 2 saturated heterocycles. The van der Waals surface area contributed by atoms with Crippen molar-refractivity contribution in [3.05, 3.63) is 0 Å². The molecule has 0 aromatic rings. The summed E-state index contributed by atoms with van der Waals surface area (Å²) in [6, 6.07) is 0. The minimum atomic E-state index is -0.897. The van der Waals surface area contributed by atoms with Crippen LogP contribution >= 0.6 is 0 Å². The van der Waals surface area contributed by atoms with Crippen molar-refractivity contribution < 1.29 is 31.5 Å². The van der Waals surface area contributed by atoms with Crippen LogP contribution in [0.3, 0.4) is 0 Å². The molecule has 0 amide bonds. The summed E-state index contributed by atoms with van der Waals surface area (Å²) in [5, 5.41) is 8.97. The summed E-state index contributed by atoms with van der Waals surface area (Å²) in [7, 11) is 0. The highest BCUT2D eigenvalue weighted by molar-refractivity contribution is 4.70. The van der Waals surface area contributed by atoms with Crippen molar-refractivity contribution in [1.29, 1.82) is 0 Å². The Morgan fingerprint density at radius 2 is 1.86 bits per heavy atom. The summed E-state index contributed by atoms with van der Waals surface area (Å²) in [5.41, 5.74) is 5.87. The lowest BCUT2D eigenvalue weighted by Crippen LogP contribution is -3.00. The standard InChI is InChI=1S/C8H17N2O3.ClH/c9-8-7-10(1-4-11,2-5-12-8)3-6-13-8;/h11H,1-7,9H2;1H/q+1;/p-1. The molecule has 5 nitrogen and oxygen atoms in total. The number of fused-ring (bicyclic) bond motifs is 2. The van der Waals surface area contributed by atoms with E-state index in [0.29, 0.717) is 19.8 Å². The summed E-state index contributed by atoms with van der Waals surface area (Å²) in [4.78, 5) is 0. The Kier molecular flexibility index (Phi) is 3.74. The Labute approximate surface area is 89.8 Å². The maximum atomic E-state index is 8.97. The normalized spacial score (nSPS) is 41.6. The zero-order valence-electron chi connectivity index (χ0n) is 8.12. The molecule has 2 rings (SSSR count). The van der Waals surface area contributed by atoms with Crippen molar-refractivity contribution in [3.63, 3.8) is 0 Å². The first-order valence-corrected chi connectivity index (χ1v) is 4.71. The average molecular weight is 225 g/mol. The summed E-state index contributed by atoms with van der Waals surface area (Å²) in [5.74, 6) is -0.897. The Bertz CT molecular complexity index is 188. The van der Waals surface area contributed by atoms with Crippen molar-refractivity contribution in [1.82, 2.24) is 0 Å². The van der Waals surface area contributed by atoms with Crippen molar-refractivity contribution in [2.75, 3.05) is 46.0 Å². The molecule has 2 fully saturated rings. The molecular formula is C8H17ClN2O3. The van der Waals surface area contributed by atoms with Gasteiger partial charge in [-0.25, -0.2) is 0 Å². The van der Waals surface area contributed by atoms with Crippen LogP contribution in [0.15, 0.2) is 0 Å². The third kappa shape index (κ3) is 2.18. The molecule has 0 aliphatic carbocycles. The Morgan fingerprint density at radius 1 is 1.29 bits per heavy atom. The predicted octanol–water partition coefficient (Wildman–Crippen LogP) is -4.53. The highest BCUT2D eigenvalue weighted by atomic mass is 35.5. The fourth-order valence-corrected chi connectivity index (χ4v) is 2.21. The number of nitrogens with zero attached hydrogens (tertiary/aromatic N) is 1. The summed E-state index contributed by atoms with van der Waals surface area (Å²) < 4.78 is 11.6. The zero-order valence-corrected chi connectivity index (χ0v) is 8.87. The van der Waals surface area contributed by atoms with Gasteiger partial charge >= 0.3 is 0 Å². The Balaban J connectivity index is 0.000000980. The van der Waals surface area contributed by atoms with E-state index in [4.69, 9.17) is 20.3 Å². The second-order valence-electron chi connectivity index (χ2n) is 3.90. The van der Waals surface area contributed by atoms with E-state index in [2.05, 4.69) is 0 Å². The van der Waals surface area contributed by atoms with Crippen LogP contribution in [-0.4, -0.2) is 61.5 Å². The quantitative estimate of drug-likeness (QED) is 0.464. The van der Waals surface area contributed by atoms with Crippen molar-refractivity contribution in [3.8, 4) is 0 Å². The molecule has 2 bridgehead atoms. The molecule has 2 heterocycles. The first-order valence-electron chi connectivity index (χ1n) is 4.71. The number of hydrogen-bond donors (Lipinski definition) is 2. The second-order valence-corrected chi connectivity index (χ2v) is 3.90. The maximum Gasteiger partial charge on any atom is 0.277 e. The van der Waals surface area contributed by atoms with Gasteiger partial charge in [0.25, 0.3) is 5.91 Å². The average Bonchev–Trinajstić information content (AvgIpc) is 2.02. The number of ether oxygens (including phenoxy) is 2. The lowest BCUT2D eigenvalue weighted by Gasteiger charge is -2.50. The highest BCUT2D eigenvalue weighted by Gasteiger charge is 2.48. The first-order chi connectivity index (χ1) is 6.18. The molecular weight excluding hydrogens is 208 g/mol. The fraction of sp³-hybridized carbons (Fsp3) is 1.00. The number of nitrogens with two attached hydrogens (primary N) is 1. The van der Waals surface area contributed by atoms with Crippen LogP contribution in [0.4, 0.5) is 0 Å². The van der Waals surface area contributed by atoms with Gasteiger partial charge in [-0.2, -0.15) is 0 Å². The zero-order chi connectivity index (χ0) is 9.36. The number of aliphatic hydroxyl groups excluding tert-OH is 1. The number of rotatable bonds is 2. The van der Waals surface area contributed by atoms with Gasteiger partial charge in [0.2, 0.25) is 0 Å². The van der Waals surface area contributed by atoms with Gasteiger partial charge in [0.1, 0.15) is 39.4 Å². The van der Waals surface area contributed by atoms with Gasteiger partial charge in [-0.3, -0.25) is 5.73 Å². The van der Waals surface area contributed by atoms with Crippen molar-refractivity contribution in [2.45, 2.75) is 5.91 Å². The minimum absolute atomic E-state index is 0. The van der Waals surface area contributed by atoms with Crippen molar-refractivity contribution in [2.24, 2.45) is 5.73 Å². The van der Waals surface area contributed by atoms with Crippen molar-refractivity contribution >= 4 is 0 Å². The van der Waals surface area contributed by atoms with Crippen LogP contribution in [0.2, 0.25) is 0 Å². The number of halogens is 1. The topological polar surface area (TPSA) is 64.7 Å². The van der Waals surface area contributed by atoms with E-state index in [9.17, 15) is 0 Å². The van der Waals surface area contributed by atoms with Crippen LogP contribution in [0.25, 0.3) is 0 Å². The van der Waals surface area contributed by atoms with Crippen LogP contribution in [0, 0.1) is 0 Å². The molecule has 3 N–H and O–H groups in total. The molecule has 0 radical (unpaired) electrons. The van der Waals surface area contributed by atoms with E-state index in [1.165, 1.54) is 0 Å². The number of aliphatic hydroxyl groups is 1. The van der Waals surface area contributed by atoms with E-state index >= 15 is 0 Å². The smallest absolute Gasteiger partial charge is 0.277 e. The van der Waals surface area contributed by atoms with Gasteiger partial charge in [0.15, 0.2) is 0 Å².